The van der Waals surface area contributed by atoms with Crippen molar-refractivity contribution in [3.8, 4) is 0 Å². The summed E-state index contributed by atoms with van der Waals surface area (Å²) in [5.74, 6) is -1.32. The SMILES string of the molecule is O=C(O)c1ccccc1S(=O)(=O)NC[C@H](O)COC1CCCCC1. The van der Waals surface area contributed by atoms with Crippen LogP contribution in [-0.4, -0.2) is 50.0 Å². The van der Waals surface area contributed by atoms with Crippen molar-refractivity contribution in [1.82, 2.24) is 4.72 Å². The molecule has 0 bridgehead atoms. The summed E-state index contributed by atoms with van der Waals surface area (Å²) in [5.41, 5.74) is -0.307. The second kappa shape index (κ2) is 8.57. The molecular formula is C16H23NO6S. The number of ether oxygens (including phenoxy) is 1. The number of nitrogens with one attached hydrogen (secondary N) is 1. The second-order valence-electron chi connectivity index (χ2n) is 5.90. The molecule has 0 saturated heterocycles. The summed E-state index contributed by atoms with van der Waals surface area (Å²) < 4.78 is 32.3. The lowest BCUT2D eigenvalue weighted by molar-refractivity contribution is -0.0216. The molecular weight excluding hydrogens is 334 g/mol. The van der Waals surface area contributed by atoms with Gasteiger partial charge < -0.3 is 14.9 Å². The molecule has 0 unspecified atom stereocenters. The zero-order valence-corrected chi connectivity index (χ0v) is 14.2. The van der Waals surface area contributed by atoms with Crippen molar-refractivity contribution in [3.63, 3.8) is 0 Å². The summed E-state index contributed by atoms with van der Waals surface area (Å²) in [6.45, 7) is -0.184. The van der Waals surface area contributed by atoms with Gasteiger partial charge in [0.05, 0.1) is 29.3 Å². The van der Waals surface area contributed by atoms with Crippen LogP contribution in [0.1, 0.15) is 42.5 Å². The highest BCUT2D eigenvalue weighted by atomic mass is 32.2. The number of benzene rings is 1. The van der Waals surface area contributed by atoms with Crippen LogP contribution in [0.5, 0.6) is 0 Å². The molecule has 1 aliphatic carbocycles. The normalized spacial score (nSPS) is 17.5. The molecule has 1 fully saturated rings. The van der Waals surface area contributed by atoms with Crippen LogP contribution >= 0.6 is 0 Å². The lowest BCUT2D eigenvalue weighted by atomic mass is 9.98. The maximum atomic E-state index is 12.2. The third-order valence-corrected chi connectivity index (χ3v) is 5.47. The van der Waals surface area contributed by atoms with Crippen molar-refractivity contribution in [2.24, 2.45) is 0 Å². The first kappa shape index (κ1) is 18.9. The molecule has 7 nitrogen and oxygen atoms in total. The number of aliphatic hydroxyl groups excluding tert-OH is 1. The molecule has 1 aromatic rings. The maximum Gasteiger partial charge on any atom is 0.337 e. The largest absolute Gasteiger partial charge is 0.478 e. The predicted octanol–water partition coefficient (Wildman–Crippen LogP) is 1.37. The van der Waals surface area contributed by atoms with E-state index in [9.17, 15) is 18.3 Å². The maximum absolute atomic E-state index is 12.2. The topological polar surface area (TPSA) is 113 Å². The Kier molecular flexibility index (Phi) is 6.73. The highest BCUT2D eigenvalue weighted by molar-refractivity contribution is 7.89. The van der Waals surface area contributed by atoms with Gasteiger partial charge in [-0.3, -0.25) is 0 Å². The van der Waals surface area contributed by atoms with Gasteiger partial charge in [-0.2, -0.15) is 0 Å². The molecule has 1 aromatic carbocycles. The molecule has 2 rings (SSSR count). The van der Waals surface area contributed by atoms with Gasteiger partial charge in [0.2, 0.25) is 10.0 Å². The van der Waals surface area contributed by atoms with E-state index in [-0.39, 0.29) is 29.7 Å². The highest BCUT2D eigenvalue weighted by Gasteiger charge is 2.23. The summed E-state index contributed by atoms with van der Waals surface area (Å²) in [7, 11) is -4.02. The van der Waals surface area contributed by atoms with E-state index in [1.54, 1.807) is 0 Å². The number of rotatable bonds is 8. The minimum absolute atomic E-state index is 0.0494. The fourth-order valence-corrected chi connectivity index (χ4v) is 3.97. The first-order valence-electron chi connectivity index (χ1n) is 8.02. The van der Waals surface area contributed by atoms with E-state index in [0.29, 0.717) is 0 Å². The molecule has 8 heteroatoms. The van der Waals surface area contributed by atoms with Crippen LogP contribution in [0, 0.1) is 0 Å². The zero-order valence-electron chi connectivity index (χ0n) is 13.3. The zero-order chi connectivity index (χ0) is 17.6. The van der Waals surface area contributed by atoms with Crippen molar-refractivity contribution in [2.75, 3.05) is 13.2 Å². The summed E-state index contributed by atoms with van der Waals surface area (Å²) >= 11 is 0. The summed E-state index contributed by atoms with van der Waals surface area (Å²) in [6, 6.07) is 5.34. The van der Waals surface area contributed by atoms with Crippen LogP contribution in [0.15, 0.2) is 29.2 Å². The van der Waals surface area contributed by atoms with Crippen LogP contribution in [0.4, 0.5) is 0 Å². The van der Waals surface area contributed by atoms with Crippen molar-refractivity contribution >= 4 is 16.0 Å². The summed E-state index contributed by atoms with van der Waals surface area (Å²) in [6.07, 6.45) is 4.48. The molecule has 1 atom stereocenters. The number of carboxylic acid groups (broad SMARTS) is 1. The molecule has 0 aliphatic heterocycles. The van der Waals surface area contributed by atoms with Crippen LogP contribution in [0.2, 0.25) is 0 Å². The Morgan fingerprint density at radius 2 is 1.92 bits per heavy atom. The number of carboxylic acids is 1. The van der Waals surface area contributed by atoms with E-state index in [0.717, 1.165) is 25.7 Å². The summed E-state index contributed by atoms with van der Waals surface area (Å²) in [5, 5.41) is 19.0. The molecule has 3 N–H and O–H groups in total. The average Bonchev–Trinajstić information content (AvgIpc) is 2.59. The van der Waals surface area contributed by atoms with E-state index in [1.807, 2.05) is 0 Å². The Bertz CT molecular complexity index is 654. The smallest absolute Gasteiger partial charge is 0.337 e. The first-order chi connectivity index (χ1) is 11.4. The quantitative estimate of drug-likeness (QED) is 0.648. The molecule has 0 heterocycles. The van der Waals surface area contributed by atoms with E-state index in [2.05, 4.69) is 4.72 Å². The van der Waals surface area contributed by atoms with Crippen molar-refractivity contribution in [1.29, 1.82) is 0 Å². The first-order valence-corrected chi connectivity index (χ1v) is 9.50. The number of hydrogen-bond acceptors (Lipinski definition) is 5. The number of aromatic carboxylic acids is 1. The van der Waals surface area contributed by atoms with Gasteiger partial charge in [-0.05, 0) is 25.0 Å². The molecule has 0 spiro atoms. The van der Waals surface area contributed by atoms with Crippen molar-refractivity contribution in [2.45, 2.75) is 49.2 Å². The van der Waals surface area contributed by atoms with Gasteiger partial charge in [-0.15, -0.1) is 0 Å². The Hall–Kier alpha value is -1.48. The number of sulfonamides is 1. The lowest BCUT2D eigenvalue weighted by Crippen LogP contribution is -2.36. The standard InChI is InChI=1S/C16H23NO6S/c18-12(11-23-13-6-2-1-3-7-13)10-17-24(21,22)15-9-5-4-8-14(15)16(19)20/h4-5,8-9,12-13,17-18H,1-3,6-7,10-11H2,(H,19,20)/t12-/m0/s1. The molecule has 0 amide bonds. The van der Waals surface area contributed by atoms with Crippen LogP contribution in [0.25, 0.3) is 0 Å². The predicted molar refractivity (Wildman–Crippen MR) is 87.4 cm³/mol. The monoisotopic (exact) mass is 357 g/mol. The molecule has 0 radical (unpaired) electrons. The third kappa shape index (κ3) is 5.27. The highest BCUT2D eigenvalue weighted by Crippen LogP contribution is 2.20. The second-order valence-corrected chi connectivity index (χ2v) is 7.64. The van der Waals surface area contributed by atoms with E-state index in [1.165, 1.54) is 30.7 Å². The van der Waals surface area contributed by atoms with Crippen LogP contribution < -0.4 is 4.72 Å². The fraction of sp³-hybridized carbons (Fsp3) is 0.562. The van der Waals surface area contributed by atoms with E-state index < -0.39 is 22.1 Å². The van der Waals surface area contributed by atoms with E-state index >= 15 is 0 Å². The molecule has 24 heavy (non-hydrogen) atoms. The van der Waals surface area contributed by atoms with Gasteiger partial charge in [-0.1, -0.05) is 31.4 Å². The van der Waals surface area contributed by atoms with Gasteiger partial charge in [0, 0.05) is 6.54 Å². The van der Waals surface area contributed by atoms with Gasteiger partial charge in [0.1, 0.15) is 0 Å². The van der Waals surface area contributed by atoms with Gasteiger partial charge in [0.15, 0.2) is 0 Å². The van der Waals surface area contributed by atoms with Crippen LogP contribution in [-0.2, 0) is 14.8 Å². The molecule has 1 saturated carbocycles. The number of carbonyl (C=O) groups is 1. The van der Waals surface area contributed by atoms with Crippen LogP contribution in [0.3, 0.4) is 0 Å². The van der Waals surface area contributed by atoms with Gasteiger partial charge in [-0.25, -0.2) is 17.9 Å². The summed E-state index contributed by atoms with van der Waals surface area (Å²) in [4.78, 5) is 10.8. The van der Waals surface area contributed by atoms with Crippen molar-refractivity contribution < 1.29 is 28.2 Å². The molecule has 0 aromatic heterocycles. The third-order valence-electron chi connectivity index (χ3n) is 3.99. The van der Waals surface area contributed by atoms with Gasteiger partial charge in [0.25, 0.3) is 0 Å². The molecule has 134 valence electrons. The average molecular weight is 357 g/mol. The minimum atomic E-state index is -4.02. The fourth-order valence-electron chi connectivity index (χ4n) is 2.70. The van der Waals surface area contributed by atoms with Gasteiger partial charge >= 0.3 is 5.97 Å². The Labute approximate surface area is 141 Å². The Morgan fingerprint density at radius 3 is 2.58 bits per heavy atom. The van der Waals surface area contributed by atoms with Crippen molar-refractivity contribution in [3.05, 3.63) is 29.8 Å². The molecule has 1 aliphatic rings. The number of hydrogen-bond donors (Lipinski definition) is 3. The minimum Gasteiger partial charge on any atom is -0.478 e. The Morgan fingerprint density at radius 1 is 1.25 bits per heavy atom. The Balaban J connectivity index is 1.89. The lowest BCUT2D eigenvalue weighted by Gasteiger charge is -2.23. The van der Waals surface area contributed by atoms with E-state index in [4.69, 9.17) is 9.84 Å². The number of aliphatic hydroxyl groups is 1.